The van der Waals surface area contributed by atoms with Gasteiger partial charge in [0.05, 0.1) is 17.8 Å². The number of esters is 1. The Morgan fingerprint density at radius 1 is 1.25 bits per heavy atom. The zero-order valence-corrected chi connectivity index (χ0v) is 12.7. The number of ether oxygens (including phenoxy) is 1. The van der Waals surface area contributed by atoms with Gasteiger partial charge in [0, 0.05) is 6.42 Å². The molecule has 1 saturated carbocycles. The molecule has 0 aliphatic heterocycles. The second-order valence-electron chi connectivity index (χ2n) is 5.54. The maximum Gasteiger partial charge on any atom is 0.305 e. The highest BCUT2D eigenvalue weighted by molar-refractivity contribution is 5.69. The van der Waals surface area contributed by atoms with E-state index < -0.39 is 12.2 Å². The van der Waals surface area contributed by atoms with E-state index in [2.05, 4.69) is 6.92 Å². The summed E-state index contributed by atoms with van der Waals surface area (Å²) in [5.74, 6) is -0.296. The molecule has 1 rings (SSSR count). The molecule has 1 aliphatic rings. The van der Waals surface area contributed by atoms with E-state index in [1.165, 1.54) is 19.3 Å². The van der Waals surface area contributed by atoms with Crippen LogP contribution in [-0.4, -0.2) is 28.4 Å². The molecule has 0 aromatic carbocycles. The average molecular weight is 284 g/mol. The molecule has 2 N–H and O–H groups in total. The molecule has 0 spiro atoms. The minimum absolute atomic E-state index is 0.244. The molecular weight excluding hydrogens is 256 g/mol. The van der Waals surface area contributed by atoms with Crippen LogP contribution in [0.2, 0.25) is 0 Å². The SMILES string of the molecule is CCCCCC/C=C(\O)C1CCC(O)C1OC(=O)CC. The molecule has 0 radical (unpaired) electrons. The molecule has 0 saturated heterocycles. The Bertz CT molecular complexity index is 324. The Kier molecular flexibility index (Phi) is 7.67. The van der Waals surface area contributed by atoms with Crippen molar-refractivity contribution in [2.24, 2.45) is 5.92 Å². The summed E-state index contributed by atoms with van der Waals surface area (Å²) in [5, 5.41) is 20.0. The van der Waals surface area contributed by atoms with Gasteiger partial charge in [0.15, 0.2) is 0 Å². The molecule has 0 heterocycles. The van der Waals surface area contributed by atoms with Crippen molar-refractivity contribution in [3.05, 3.63) is 11.8 Å². The molecule has 0 amide bonds. The van der Waals surface area contributed by atoms with E-state index in [4.69, 9.17) is 4.74 Å². The largest absolute Gasteiger partial charge is 0.512 e. The first kappa shape index (κ1) is 17.0. The van der Waals surface area contributed by atoms with Gasteiger partial charge < -0.3 is 14.9 Å². The van der Waals surface area contributed by atoms with Crippen LogP contribution in [0, 0.1) is 5.92 Å². The van der Waals surface area contributed by atoms with E-state index in [1.54, 1.807) is 6.92 Å². The Balaban J connectivity index is 2.49. The van der Waals surface area contributed by atoms with Crippen LogP contribution in [-0.2, 0) is 9.53 Å². The summed E-state index contributed by atoms with van der Waals surface area (Å²) < 4.78 is 5.26. The van der Waals surface area contributed by atoms with E-state index in [0.29, 0.717) is 12.8 Å². The number of aliphatic hydroxyl groups is 2. The number of carbonyl (C=O) groups excluding carboxylic acids is 1. The lowest BCUT2D eigenvalue weighted by Gasteiger charge is -2.22. The van der Waals surface area contributed by atoms with Crippen molar-refractivity contribution in [3.8, 4) is 0 Å². The minimum Gasteiger partial charge on any atom is -0.512 e. The molecule has 20 heavy (non-hydrogen) atoms. The summed E-state index contributed by atoms with van der Waals surface area (Å²) in [5.41, 5.74) is 0. The van der Waals surface area contributed by atoms with Crippen molar-refractivity contribution in [2.75, 3.05) is 0 Å². The molecule has 0 bridgehead atoms. The third-order valence-corrected chi connectivity index (χ3v) is 3.90. The van der Waals surface area contributed by atoms with Gasteiger partial charge in [-0.2, -0.15) is 0 Å². The van der Waals surface area contributed by atoms with Gasteiger partial charge in [-0.15, -0.1) is 0 Å². The van der Waals surface area contributed by atoms with E-state index in [9.17, 15) is 15.0 Å². The number of allylic oxidation sites excluding steroid dienone is 1. The lowest BCUT2D eigenvalue weighted by Crippen LogP contribution is -2.32. The summed E-state index contributed by atoms with van der Waals surface area (Å²) in [6.45, 7) is 3.89. The Morgan fingerprint density at radius 3 is 2.65 bits per heavy atom. The third kappa shape index (κ3) is 5.16. The number of carbonyl (C=O) groups is 1. The van der Waals surface area contributed by atoms with Crippen molar-refractivity contribution >= 4 is 5.97 Å². The summed E-state index contributed by atoms with van der Waals surface area (Å²) in [6.07, 6.45) is 7.58. The fraction of sp³-hybridized carbons (Fsp3) is 0.812. The van der Waals surface area contributed by atoms with E-state index in [0.717, 1.165) is 12.8 Å². The molecule has 1 aliphatic carbocycles. The van der Waals surface area contributed by atoms with Crippen molar-refractivity contribution < 1.29 is 19.7 Å². The molecular formula is C16H28O4. The molecule has 4 nitrogen and oxygen atoms in total. The maximum atomic E-state index is 11.4. The van der Waals surface area contributed by atoms with Crippen LogP contribution in [0.5, 0.6) is 0 Å². The number of hydrogen-bond donors (Lipinski definition) is 2. The predicted molar refractivity (Wildman–Crippen MR) is 78.4 cm³/mol. The van der Waals surface area contributed by atoms with Crippen LogP contribution in [0.15, 0.2) is 11.8 Å². The lowest BCUT2D eigenvalue weighted by atomic mass is 10.0. The first-order chi connectivity index (χ1) is 9.60. The molecule has 4 heteroatoms. The first-order valence-corrected chi connectivity index (χ1v) is 7.86. The highest BCUT2D eigenvalue weighted by atomic mass is 16.6. The van der Waals surface area contributed by atoms with Crippen molar-refractivity contribution in [1.29, 1.82) is 0 Å². The number of aliphatic hydroxyl groups excluding tert-OH is 2. The minimum atomic E-state index is -0.661. The number of unbranched alkanes of at least 4 members (excludes halogenated alkanes) is 4. The van der Waals surface area contributed by atoms with Crippen molar-refractivity contribution in [3.63, 3.8) is 0 Å². The lowest BCUT2D eigenvalue weighted by molar-refractivity contribution is -0.155. The smallest absolute Gasteiger partial charge is 0.305 e. The Morgan fingerprint density at radius 2 is 2.00 bits per heavy atom. The molecule has 3 atom stereocenters. The van der Waals surface area contributed by atoms with E-state index in [-0.39, 0.29) is 24.1 Å². The second kappa shape index (κ2) is 9.01. The maximum absolute atomic E-state index is 11.4. The highest BCUT2D eigenvalue weighted by Crippen LogP contribution is 2.33. The normalized spacial score (nSPS) is 26.8. The predicted octanol–water partition coefficient (Wildman–Crippen LogP) is 3.49. The summed E-state index contributed by atoms with van der Waals surface area (Å²) in [6, 6.07) is 0. The Hall–Kier alpha value is -1.03. The van der Waals surface area contributed by atoms with Crippen LogP contribution in [0.25, 0.3) is 0 Å². The summed E-state index contributed by atoms with van der Waals surface area (Å²) in [7, 11) is 0. The van der Waals surface area contributed by atoms with Crippen LogP contribution >= 0.6 is 0 Å². The topological polar surface area (TPSA) is 66.8 Å². The van der Waals surface area contributed by atoms with Gasteiger partial charge in [0.2, 0.25) is 0 Å². The fourth-order valence-corrected chi connectivity index (χ4v) is 2.63. The average Bonchev–Trinajstić information content (AvgIpc) is 2.79. The molecule has 116 valence electrons. The van der Waals surface area contributed by atoms with E-state index in [1.807, 2.05) is 6.08 Å². The van der Waals surface area contributed by atoms with Gasteiger partial charge in [-0.3, -0.25) is 4.79 Å². The van der Waals surface area contributed by atoms with Crippen LogP contribution in [0.4, 0.5) is 0 Å². The van der Waals surface area contributed by atoms with Gasteiger partial charge in [-0.05, 0) is 31.8 Å². The first-order valence-electron chi connectivity index (χ1n) is 7.86. The molecule has 3 unspecified atom stereocenters. The Labute approximate surface area is 121 Å². The van der Waals surface area contributed by atoms with Crippen LogP contribution in [0.1, 0.15) is 65.2 Å². The van der Waals surface area contributed by atoms with Gasteiger partial charge >= 0.3 is 5.97 Å². The van der Waals surface area contributed by atoms with Gasteiger partial charge in [0.1, 0.15) is 6.10 Å². The van der Waals surface area contributed by atoms with Gasteiger partial charge in [-0.1, -0.05) is 33.1 Å². The zero-order valence-electron chi connectivity index (χ0n) is 12.7. The summed E-state index contributed by atoms with van der Waals surface area (Å²) in [4.78, 5) is 11.4. The molecule has 1 fully saturated rings. The van der Waals surface area contributed by atoms with Crippen LogP contribution in [0.3, 0.4) is 0 Å². The standard InChI is InChI=1S/C16H28O4/c1-3-5-6-7-8-9-13(17)12-10-11-14(18)16(12)20-15(19)4-2/h9,12,14,16-18H,3-8,10-11H2,1-2H3/b13-9-. The van der Waals surface area contributed by atoms with Gasteiger partial charge in [-0.25, -0.2) is 0 Å². The molecule has 0 aromatic heterocycles. The third-order valence-electron chi connectivity index (χ3n) is 3.90. The monoisotopic (exact) mass is 284 g/mol. The highest BCUT2D eigenvalue weighted by Gasteiger charge is 2.39. The van der Waals surface area contributed by atoms with E-state index >= 15 is 0 Å². The van der Waals surface area contributed by atoms with Gasteiger partial charge in [0.25, 0.3) is 0 Å². The zero-order chi connectivity index (χ0) is 15.0. The van der Waals surface area contributed by atoms with Crippen molar-refractivity contribution in [1.82, 2.24) is 0 Å². The number of rotatable bonds is 8. The van der Waals surface area contributed by atoms with Crippen LogP contribution < -0.4 is 0 Å². The quantitative estimate of drug-likeness (QED) is 0.407. The fourth-order valence-electron chi connectivity index (χ4n) is 2.63. The number of hydrogen-bond acceptors (Lipinski definition) is 4. The summed E-state index contributed by atoms with van der Waals surface area (Å²) >= 11 is 0. The van der Waals surface area contributed by atoms with Crippen molar-refractivity contribution in [2.45, 2.75) is 77.4 Å². The second-order valence-corrected chi connectivity index (χ2v) is 5.54. The molecule has 0 aromatic rings.